The van der Waals surface area contributed by atoms with Crippen LogP contribution in [0.25, 0.3) is 0 Å². The highest BCUT2D eigenvalue weighted by molar-refractivity contribution is 7.15. The number of amides is 1. The number of aryl methyl sites for hydroxylation is 1. The zero-order valence-corrected chi connectivity index (χ0v) is 13.5. The predicted molar refractivity (Wildman–Crippen MR) is 81.0 cm³/mol. The van der Waals surface area contributed by atoms with Crippen LogP contribution < -0.4 is 5.32 Å². The van der Waals surface area contributed by atoms with Crippen LogP contribution in [0.15, 0.2) is 0 Å². The van der Waals surface area contributed by atoms with Crippen molar-refractivity contribution >= 4 is 28.1 Å². The molecule has 0 aromatic carbocycles. The molecule has 10 heteroatoms. The van der Waals surface area contributed by atoms with E-state index < -0.39 is 4.92 Å². The summed E-state index contributed by atoms with van der Waals surface area (Å²) in [5.74, 6) is -0.117. The fourth-order valence-corrected chi connectivity index (χ4v) is 2.68. The van der Waals surface area contributed by atoms with Crippen LogP contribution in [0.3, 0.4) is 0 Å². The number of hydrogen-bond donors (Lipinski definition) is 1. The van der Waals surface area contributed by atoms with E-state index >= 15 is 0 Å². The van der Waals surface area contributed by atoms with Gasteiger partial charge in [-0.2, -0.15) is 5.10 Å². The highest BCUT2D eigenvalue weighted by Gasteiger charge is 2.23. The van der Waals surface area contributed by atoms with Gasteiger partial charge in [0.2, 0.25) is 11.0 Å². The zero-order chi connectivity index (χ0) is 16.4. The number of rotatable bonds is 5. The Balaban J connectivity index is 2.09. The highest BCUT2D eigenvalue weighted by atomic mass is 32.1. The first-order valence-corrected chi connectivity index (χ1v) is 7.43. The molecule has 0 spiro atoms. The van der Waals surface area contributed by atoms with E-state index in [0.717, 1.165) is 5.01 Å². The Hall–Kier alpha value is -2.36. The lowest BCUT2D eigenvalue weighted by Crippen LogP contribution is -2.20. The van der Waals surface area contributed by atoms with Crippen LogP contribution >= 0.6 is 11.3 Å². The highest BCUT2D eigenvalue weighted by Crippen LogP contribution is 2.23. The number of nitrogens with zero attached hydrogens (tertiary/aromatic N) is 5. The van der Waals surface area contributed by atoms with E-state index in [2.05, 4.69) is 20.6 Å². The van der Waals surface area contributed by atoms with E-state index in [-0.39, 0.29) is 29.8 Å². The summed E-state index contributed by atoms with van der Waals surface area (Å²) in [5.41, 5.74) is 0.567. The fourth-order valence-electron chi connectivity index (χ4n) is 1.92. The van der Waals surface area contributed by atoms with E-state index in [4.69, 9.17) is 0 Å². The molecule has 2 heterocycles. The lowest BCUT2D eigenvalue weighted by atomic mass is 10.2. The van der Waals surface area contributed by atoms with E-state index in [1.54, 1.807) is 13.8 Å². The Labute approximate surface area is 130 Å². The number of nitro groups is 1. The van der Waals surface area contributed by atoms with Gasteiger partial charge in [0.25, 0.3) is 0 Å². The monoisotopic (exact) mass is 324 g/mol. The maximum absolute atomic E-state index is 12.0. The normalized spacial score (nSPS) is 11.0. The van der Waals surface area contributed by atoms with E-state index in [1.165, 1.54) is 16.0 Å². The minimum Gasteiger partial charge on any atom is -0.299 e. The van der Waals surface area contributed by atoms with E-state index in [9.17, 15) is 14.9 Å². The molecule has 0 saturated carbocycles. The standard InChI is InChI=1S/C12H16N6O3S/c1-6(2)11-14-15-12(22-11)13-9(19)5-17-8(4)10(18(20)21)7(3)16-17/h6H,5H2,1-4H3,(H,13,15,19). The van der Waals surface area contributed by atoms with Gasteiger partial charge in [-0.05, 0) is 13.8 Å². The molecule has 0 aliphatic carbocycles. The van der Waals surface area contributed by atoms with Crippen LogP contribution in [-0.2, 0) is 11.3 Å². The summed E-state index contributed by atoms with van der Waals surface area (Å²) in [7, 11) is 0. The second kappa shape index (κ2) is 6.18. The van der Waals surface area contributed by atoms with Crippen molar-refractivity contribution in [2.24, 2.45) is 0 Å². The van der Waals surface area contributed by atoms with Crippen molar-refractivity contribution in [3.8, 4) is 0 Å². The molecule has 0 saturated heterocycles. The van der Waals surface area contributed by atoms with Crippen molar-refractivity contribution < 1.29 is 9.72 Å². The van der Waals surface area contributed by atoms with E-state index in [0.29, 0.717) is 10.8 Å². The second-order valence-corrected chi connectivity index (χ2v) is 6.09. The molecule has 118 valence electrons. The average molecular weight is 324 g/mol. The second-order valence-electron chi connectivity index (χ2n) is 5.08. The number of carbonyl (C=O) groups is 1. The first-order valence-electron chi connectivity index (χ1n) is 6.61. The van der Waals surface area contributed by atoms with Crippen molar-refractivity contribution in [1.82, 2.24) is 20.0 Å². The van der Waals surface area contributed by atoms with Gasteiger partial charge >= 0.3 is 5.69 Å². The Kier molecular flexibility index (Phi) is 4.50. The molecular formula is C12H16N6O3S. The van der Waals surface area contributed by atoms with Crippen molar-refractivity contribution in [2.45, 2.75) is 40.2 Å². The third kappa shape index (κ3) is 3.27. The first kappa shape index (κ1) is 16.0. The third-order valence-electron chi connectivity index (χ3n) is 3.00. The zero-order valence-electron chi connectivity index (χ0n) is 12.7. The lowest BCUT2D eigenvalue weighted by molar-refractivity contribution is -0.386. The fraction of sp³-hybridized carbons (Fsp3) is 0.500. The number of carbonyl (C=O) groups excluding carboxylic acids is 1. The number of nitrogens with one attached hydrogen (secondary N) is 1. The van der Waals surface area contributed by atoms with Gasteiger partial charge in [-0.15, -0.1) is 10.2 Å². The molecule has 0 fully saturated rings. The Morgan fingerprint density at radius 1 is 1.41 bits per heavy atom. The van der Waals surface area contributed by atoms with Gasteiger partial charge in [-0.25, -0.2) is 0 Å². The van der Waals surface area contributed by atoms with Crippen molar-refractivity contribution in [3.63, 3.8) is 0 Å². The summed E-state index contributed by atoms with van der Waals surface area (Å²) in [4.78, 5) is 22.4. The van der Waals surface area contributed by atoms with Gasteiger partial charge in [-0.1, -0.05) is 25.2 Å². The summed E-state index contributed by atoms with van der Waals surface area (Å²) in [6.45, 7) is 6.96. The van der Waals surface area contributed by atoms with Crippen molar-refractivity contribution in [2.75, 3.05) is 5.32 Å². The largest absolute Gasteiger partial charge is 0.312 e. The smallest absolute Gasteiger partial charge is 0.299 e. The number of aromatic nitrogens is 4. The van der Waals surface area contributed by atoms with Gasteiger partial charge in [0, 0.05) is 5.92 Å². The van der Waals surface area contributed by atoms with Crippen molar-refractivity contribution in [3.05, 3.63) is 26.5 Å². The molecular weight excluding hydrogens is 308 g/mol. The van der Waals surface area contributed by atoms with Crippen LogP contribution in [0.2, 0.25) is 0 Å². The van der Waals surface area contributed by atoms with Crippen LogP contribution in [0.4, 0.5) is 10.8 Å². The summed E-state index contributed by atoms with van der Waals surface area (Å²) in [6.07, 6.45) is 0. The van der Waals surface area contributed by atoms with Crippen molar-refractivity contribution in [1.29, 1.82) is 0 Å². The third-order valence-corrected chi connectivity index (χ3v) is 4.14. The van der Waals surface area contributed by atoms with Crippen LogP contribution in [0.1, 0.15) is 36.2 Å². The molecule has 0 bridgehead atoms. The van der Waals surface area contributed by atoms with Gasteiger partial charge in [0.1, 0.15) is 22.9 Å². The minimum absolute atomic E-state index is 0.0641. The van der Waals surface area contributed by atoms with Crippen LogP contribution in [0.5, 0.6) is 0 Å². The van der Waals surface area contributed by atoms with Gasteiger partial charge < -0.3 is 0 Å². The Morgan fingerprint density at radius 2 is 2.09 bits per heavy atom. The summed E-state index contributed by atoms with van der Waals surface area (Å²) in [5, 5.41) is 26.7. The molecule has 2 aromatic rings. The first-order chi connectivity index (χ1) is 10.3. The predicted octanol–water partition coefficient (Wildman–Crippen LogP) is 2.02. The van der Waals surface area contributed by atoms with Crippen LogP contribution in [-0.4, -0.2) is 30.8 Å². The minimum atomic E-state index is -0.494. The van der Waals surface area contributed by atoms with Gasteiger partial charge in [-0.3, -0.25) is 24.9 Å². The summed E-state index contributed by atoms with van der Waals surface area (Å²) in [6, 6.07) is 0. The Morgan fingerprint density at radius 3 is 2.59 bits per heavy atom. The van der Waals surface area contributed by atoms with Crippen LogP contribution in [0, 0.1) is 24.0 Å². The molecule has 1 N–H and O–H groups in total. The topological polar surface area (TPSA) is 116 Å². The quantitative estimate of drug-likeness (QED) is 0.664. The molecule has 9 nitrogen and oxygen atoms in total. The van der Waals surface area contributed by atoms with E-state index in [1.807, 2.05) is 13.8 Å². The van der Waals surface area contributed by atoms with Gasteiger partial charge in [0.15, 0.2) is 0 Å². The molecule has 2 aromatic heterocycles. The molecule has 0 aliphatic heterocycles. The maximum Gasteiger partial charge on any atom is 0.312 e. The molecule has 0 aliphatic rings. The molecule has 22 heavy (non-hydrogen) atoms. The molecule has 0 atom stereocenters. The summed E-state index contributed by atoms with van der Waals surface area (Å²) < 4.78 is 1.31. The molecule has 2 rings (SSSR count). The number of hydrogen-bond acceptors (Lipinski definition) is 7. The maximum atomic E-state index is 12.0. The molecule has 1 amide bonds. The summed E-state index contributed by atoms with van der Waals surface area (Å²) >= 11 is 1.31. The average Bonchev–Trinajstić information content (AvgIpc) is 2.95. The lowest BCUT2D eigenvalue weighted by Gasteiger charge is -2.03. The molecule has 0 unspecified atom stereocenters. The molecule has 0 radical (unpaired) electrons. The Bertz CT molecular complexity index is 721. The van der Waals surface area contributed by atoms with Gasteiger partial charge in [0.05, 0.1) is 4.92 Å². The number of anilines is 1. The SMILES string of the molecule is Cc1nn(CC(=O)Nc2nnc(C(C)C)s2)c(C)c1[N+](=O)[O-].